The third-order valence-corrected chi connectivity index (χ3v) is 5.25. The molecule has 0 atom stereocenters. The number of amides is 2. The molecule has 4 heterocycles. The zero-order valence-corrected chi connectivity index (χ0v) is 14.3. The molecule has 3 fully saturated rings. The van der Waals surface area contributed by atoms with Crippen molar-refractivity contribution in [2.24, 2.45) is 0 Å². The summed E-state index contributed by atoms with van der Waals surface area (Å²) in [5.41, 5.74) is 0.866. The number of rotatable bonds is 2. The van der Waals surface area contributed by atoms with Gasteiger partial charge in [0.05, 0.1) is 13.2 Å². The lowest BCUT2D eigenvalue weighted by molar-refractivity contribution is -0.181. The molecule has 3 aliphatic heterocycles. The average Bonchev–Trinajstić information content (AvgIpc) is 3.34. The summed E-state index contributed by atoms with van der Waals surface area (Å²) in [7, 11) is 0. The number of aromatic nitrogens is 1. The first-order valence-corrected chi connectivity index (χ1v) is 8.99. The van der Waals surface area contributed by atoms with E-state index in [2.05, 4.69) is 4.98 Å². The van der Waals surface area contributed by atoms with Crippen molar-refractivity contribution < 1.29 is 19.1 Å². The van der Waals surface area contributed by atoms with Gasteiger partial charge in [-0.15, -0.1) is 0 Å². The van der Waals surface area contributed by atoms with Crippen molar-refractivity contribution in [3.05, 3.63) is 29.6 Å². The van der Waals surface area contributed by atoms with Crippen LogP contribution in [0, 0.1) is 0 Å². The molecule has 0 unspecified atom stereocenters. The summed E-state index contributed by atoms with van der Waals surface area (Å²) in [6, 6.07) is 3.30. The van der Waals surface area contributed by atoms with Crippen molar-refractivity contribution in [2.75, 3.05) is 39.4 Å². The van der Waals surface area contributed by atoms with Gasteiger partial charge in [-0.3, -0.25) is 14.6 Å². The van der Waals surface area contributed by atoms with Crippen molar-refractivity contribution in [3.8, 4) is 0 Å². The predicted octanol–water partition coefficient (Wildman–Crippen LogP) is 1.30. The number of nitrogens with zero attached hydrogens (tertiary/aromatic N) is 3. The summed E-state index contributed by atoms with van der Waals surface area (Å²) in [5.74, 6) is -0.644. The minimum atomic E-state index is -0.494. The van der Waals surface area contributed by atoms with Crippen LogP contribution in [0.4, 0.5) is 0 Å². The number of piperidine rings is 1. The fourth-order valence-corrected chi connectivity index (χ4v) is 3.78. The van der Waals surface area contributed by atoms with Gasteiger partial charge < -0.3 is 19.3 Å². The Morgan fingerprint density at radius 1 is 0.960 bits per heavy atom. The van der Waals surface area contributed by atoms with Gasteiger partial charge in [0.2, 0.25) is 0 Å². The number of carbonyl (C=O) groups is 2. The molecule has 0 aliphatic carbocycles. The number of hydrogen-bond donors (Lipinski definition) is 0. The Bertz CT molecular complexity index is 656. The normalized spacial score (nSPS) is 22.6. The molecule has 1 aromatic heterocycles. The molecule has 3 saturated heterocycles. The molecule has 1 aromatic rings. The third kappa shape index (κ3) is 3.26. The van der Waals surface area contributed by atoms with E-state index in [1.54, 1.807) is 28.1 Å². The van der Waals surface area contributed by atoms with Crippen molar-refractivity contribution in [2.45, 2.75) is 31.5 Å². The Morgan fingerprint density at radius 3 is 2.28 bits per heavy atom. The van der Waals surface area contributed by atoms with E-state index in [4.69, 9.17) is 9.47 Å². The maximum absolute atomic E-state index is 12.8. The van der Waals surface area contributed by atoms with Gasteiger partial charge in [0.25, 0.3) is 11.8 Å². The van der Waals surface area contributed by atoms with Crippen molar-refractivity contribution in [3.63, 3.8) is 0 Å². The fourth-order valence-electron chi connectivity index (χ4n) is 3.78. The molecule has 3 aliphatic rings. The molecular weight excluding hydrogens is 322 g/mol. The highest BCUT2D eigenvalue weighted by molar-refractivity contribution is 5.98. The van der Waals surface area contributed by atoms with Gasteiger partial charge in [-0.1, -0.05) is 0 Å². The van der Waals surface area contributed by atoms with Crippen molar-refractivity contribution in [1.29, 1.82) is 0 Å². The molecule has 1 spiro atoms. The summed E-state index contributed by atoms with van der Waals surface area (Å²) < 4.78 is 11.4. The summed E-state index contributed by atoms with van der Waals surface area (Å²) in [5, 5.41) is 0. The van der Waals surface area contributed by atoms with Crippen molar-refractivity contribution >= 4 is 11.8 Å². The van der Waals surface area contributed by atoms with Crippen LogP contribution in [0.2, 0.25) is 0 Å². The predicted molar refractivity (Wildman–Crippen MR) is 89.1 cm³/mol. The largest absolute Gasteiger partial charge is 0.347 e. The lowest BCUT2D eigenvalue weighted by Gasteiger charge is -2.37. The highest BCUT2D eigenvalue weighted by atomic mass is 16.7. The summed E-state index contributed by atoms with van der Waals surface area (Å²) >= 11 is 0. The average molecular weight is 345 g/mol. The SMILES string of the molecule is O=C(c1ccnc(C(=O)N2CCCC2)c1)N1CCC2(CC1)OCCO2. The van der Waals surface area contributed by atoms with Crippen LogP contribution in [-0.4, -0.2) is 71.8 Å². The third-order valence-electron chi connectivity index (χ3n) is 5.25. The molecule has 0 aromatic carbocycles. The van der Waals surface area contributed by atoms with Gasteiger partial charge in [-0.25, -0.2) is 0 Å². The van der Waals surface area contributed by atoms with Crippen LogP contribution in [0.3, 0.4) is 0 Å². The van der Waals surface area contributed by atoms with E-state index in [1.807, 2.05) is 0 Å². The molecule has 134 valence electrons. The number of carbonyl (C=O) groups excluding carboxylic acids is 2. The highest BCUT2D eigenvalue weighted by Crippen LogP contribution is 2.31. The highest BCUT2D eigenvalue weighted by Gasteiger charge is 2.40. The first-order valence-electron chi connectivity index (χ1n) is 8.99. The molecular formula is C18H23N3O4. The second-order valence-corrected chi connectivity index (χ2v) is 6.83. The van der Waals surface area contributed by atoms with Crippen LogP contribution < -0.4 is 0 Å². The van der Waals surface area contributed by atoms with Crippen LogP contribution in [0.25, 0.3) is 0 Å². The number of hydrogen-bond acceptors (Lipinski definition) is 5. The molecule has 0 radical (unpaired) electrons. The van der Waals surface area contributed by atoms with E-state index < -0.39 is 5.79 Å². The molecule has 0 N–H and O–H groups in total. The van der Waals surface area contributed by atoms with Crippen LogP contribution >= 0.6 is 0 Å². The molecule has 0 bridgehead atoms. The van der Waals surface area contributed by atoms with Gasteiger partial charge in [-0.2, -0.15) is 0 Å². The van der Waals surface area contributed by atoms with Gasteiger partial charge in [0, 0.05) is 50.8 Å². The number of pyridine rings is 1. The van der Waals surface area contributed by atoms with E-state index in [9.17, 15) is 9.59 Å². The van der Waals surface area contributed by atoms with Gasteiger partial charge in [-0.05, 0) is 25.0 Å². The first kappa shape index (κ1) is 16.5. The van der Waals surface area contributed by atoms with E-state index in [0.717, 1.165) is 25.9 Å². The summed E-state index contributed by atoms with van der Waals surface area (Å²) in [6.45, 7) is 3.98. The van der Waals surface area contributed by atoms with E-state index in [0.29, 0.717) is 50.4 Å². The van der Waals surface area contributed by atoms with E-state index in [-0.39, 0.29) is 11.8 Å². The van der Waals surface area contributed by atoms with Crippen LogP contribution in [0.1, 0.15) is 46.5 Å². The fraction of sp³-hybridized carbons (Fsp3) is 0.611. The Hall–Kier alpha value is -1.99. The number of ether oxygens (including phenoxy) is 2. The Balaban J connectivity index is 1.43. The molecule has 7 nitrogen and oxygen atoms in total. The zero-order valence-electron chi connectivity index (χ0n) is 14.3. The van der Waals surface area contributed by atoms with Crippen molar-refractivity contribution in [1.82, 2.24) is 14.8 Å². The van der Waals surface area contributed by atoms with Gasteiger partial charge in [0.15, 0.2) is 5.79 Å². The maximum atomic E-state index is 12.8. The molecule has 0 saturated carbocycles. The Labute approximate surface area is 146 Å². The minimum Gasteiger partial charge on any atom is -0.347 e. The Morgan fingerprint density at radius 2 is 1.60 bits per heavy atom. The van der Waals surface area contributed by atoms with Gasteiger partial charge in [0.1, 0.15) is 5.69 Å². The minimum absolute atomic E-state index is 0.0641. The second kappa shape index (κ2) is 6.72. The summed E-state index contributed by atoms with van der Waals surface area (Å²) in [4.78, 5) is 33.0. The smallest absolute Gasteiger partial charge is 0.272 e. The summed E-state index contributed by atoms with van der Waals surface area (Å²) in [6.07, 6.45) is 4.98. The number of likely N-dealkylation sites (tertiary alicyclic amines) is 2. The van der Waals surface area contributed by atoms with Crippen LogP contribution in [0.5, 0.6) is 0 Å². The lowest BCUT2D eigenvalue weighted by Crippen LogP contribution is -2.47. The second-order valence-electron chi connectivity index (χ2n) is 6.83. The zero-order chi connectivity index (χ0) is 17.3. The first-order chi connectivity index (χ1) is 12.2. The molecule has 7 heteroatoms. The van der Waals surface area contributed by atoms with Crippen LogP contribution in [-0.2, 0) is 9.47 Å². The van der Waals surface area contributed by atoms with E-state index >= 15 is 0 Å². The Kier molecular flexibility index (Phi) is 4.43. The quantitative estimate of drug-likeness (QED) is 0.808. The monoisotopic (exact) mass is 345 g/mol. The van der Waals surface area contributed by atoms with Gasteiger partial charge >= 0.3 is 0 Å². The van der Waals surface area contributed by atoms with E-state index in [1.165, 1.54) is 0 Å². The molecule has 2 amide bonds. The lowest BCUT2D eigenvalue weighted by atomic mass is 10.0. The maximum Gasteiger partial charge on any atom is 0.272 e. The molecule has 25 heavy (non-hydrogen) atoms. The van der Waals surface area contributed by atoms with Crippen LogP contribution in [0.15, 0.2) is 18.3 Å². The standard InChI is InChI=1S/C18H23N3O4/c22-16(21-9-4-18(5-10-21)24-11-12-25-18)14-3-6-19-15(13-14)17(23)20-7-1-2-8-20/h3,6,13H,1-2,4-5,7-12H2. The topological polar surface area (TPSA) is 72.0 Å². The molecule has 4 rings (SSSR count).